The van der Waals surface area contributed by atoms with Crippen molar-refractivity contribution in [2.45, 2.75) is 32.5 Å². The summed E-state index contributed by atoms with van der Waals surface area (Å²) in [6.45, 7) is 2.92. The molecule has 1 aromatic carbocycles. The van der Waals surface area contributed by atoms with E-state index in [1.165, 1.54) is 20.0 Å². The molecule has 1 atom stereocenters. The number of carbonyl (C=O) groups is 1. The molecule has 28 heavy (non-hydrogen) atoms. The number of aryl methyl sites for hydroxylation is 2. The number of fused-ring (bicyclic) bond motifs is 1. The van der Waals surface area contributed by atoms with Crippen molar-refractivity contribution in [1.82, 2.24) is 9.78 Å². The lowest BCUT2D eigenvalue weighted by atomic mass is 9.97. The molecule has 5 nitrogen and oxygen atoms in total. The molecule has 0 aliphatic heterocycles. The number of aliphatic carboxylic acids is 1. The molecule has 0 spiro atoms. The fraction of sp³-hybridized carbons (Fsp3) is 0.333. The first kappa shape index (κ1) is 20.1. The minimum absolute atomic E-state index is 0.115. The molecular formula is C18H16F4N2O3S. The van der Waals surface area contributed by atoms with Gasteiger partial charge < -0.3 is 9.84 Å². The molecule has 1 unspecified atom stereocenters. The van der Waals surface area contributed by atoms with Crippen molar-refractivity contribution in [2.24, 2.45) is 7.05 Å². The standard InChI is InChI=1S/C18H16F4N2O3S/c1-8-4-12(27-6-10-5-13(18(20,21)22)23-24(10)3)15(19)16-14(8)11(7-28-16)9(2)17(25)26/h4-5,7,9H,6H2,1-3H3,(H,25,26). The normalized spacial score (nSPS) is 13.1. The number of carboxylic acids is 1. The Hall–Kier alpha value is -2.62. The summed E-state index contributed by atoms with van der Waals surface area (Å²) in [7, 11) is 1.34. The van der Waals surface area contributed by atoms with Crippen LogP contribution < -0.4 is 4.74 Å². The largest absolute Gasteiger partial charge is 0.484 e. The monoisotopic (exact) mass is 416 g/mol. The molecule has 0 radical (unpaired) electrons. The van der Waals surface area contributed by atoms with Crippen molar-refractivity contribution in [3.63, 3.8) is 0 Å². The summed E-state index contributed by atoms with van der Waals surface area (Å²) in [4.78, 5) is 11.3. The number of benzene rings is 1. The van der Waals surface area contributed by atoms with E-state index in [0.717, 1.165) is 22.1 Å². The SMILES string of the molecule is Cc1cc(OCc2cc(C(F)(F)F)nn2C)c(F)c2scc(C(C)C(=O)O)c12. The van der Waals surface area contributed by atoms with E-state index in [0.29, 0.717) is 16.5 Å². The third-order valence-corrected chi connectivity index (χ3v) is 5.45. The van der Waals surface area contributed by atoms with E-state index in [4.69, 9.17) is 4.74 Å². The van der Waals surface area contributed by atoms with Crippen LogP contribution in [-0.4, -0.2) is 20.9 Å². The van der Waals surface area contributed by atoms with Crippen molar-refractivity contribution in [3.05, 3.63) is 45.8 Å². The Kier molecular flexibility index (Phi) is 5.09. The predicted molar refractivity (Wildman–Crippen MR) is 95.1 cm³/mol. The summed E-state index contributed by atoms with van der Waals surface area (Å²) in [6, 6.07) is 2.27. The Morgan fingerprint density at radius 1 is 1.39 bits per heavy atom. The molecule has 0 saturated carbocycles. The second kappa shape index (κ2) is 7.08. The van der Waals surface area contributed by atoms with Crippen LogP contribution in [0, 0.1) is 12.7 Å². The highest BCUT2D eigenvalue weighted by Gasteiger charge is 2.34. The van der Waals surface area contributed by atoms with Crippen LogP contribution >= 0.6 is 11.3 Å². The van der Waals surface area contributed by atoms with Crippen molar-refractivity contribution in [3.8, 4) is 5.75 Å². The maximum absolute atomic E-state index is 14.9. The Bertz CT molecular complexity index is 1060. The fourth-order valence-electron chi connectivity index (χ4n) is 2.87. The zero-order chi connectivity index (χ0) is 20.8. The van der Waals surface area contributed by atoms with Crippen LogP contribution in [0.1, 0.15) is 35.4 Å². The van der Waals surface area contributed by atoms with Gasteiger partial charge in [0, 0.05) is 12.4 Å². The van der Waals surface area contributed by atoms with Crippen LogP contribution in [0.3, 0.4) is 0 Å². The second-order valence-electron chi connectivity index (χ2n) is 6.39. The maximum atomic E-state index is 14.9. The van der Waals surface area contributed by atoms with Gasteiger partial charge in [0.15, 0.2) is 17.3 Å². The van der Waals surface area contributed by atoms with Crippen molar-refractivity contribution < 1.29 is 32.2 Å². The van der Waals surface area contributed by atoms with Gasteiger partial charge in [0.05, 0.1) is 16.3 Å². The van der Waals surface area contributed by atoms with Crippen LogP contribution in [-0.2, 0) is 24.6 Å². The first-order valence-corrected chi connectivity index (χ1v) is 9.04. The lowest BCUT2D eigenvalue weighted by Gasteiger charge is -2.11. The summed E-state index contributed by atoms with van der Waals surface area (Å²) >= 11 is 1.06. The molecule has 0 aliphatic carbocycles. The van der Waals surface area contributed by atoms with Gasteiger partial charge in [0.1, 0.15) is 6.61 Å². The van der Waals surface area contributed by atoms with E-state index in [-0.39, 0.29) is 22.8 Å². The van der Waals surface area contributed by atoms with Gasteiger partial charge in [-0.25, -0.2) is 4.39 Å². The van der Waals surface area contributed by atoms with Crippen LogP contribution in [0.15, 0.2) is 17.5 Å². The zero-order valence-electron chi connectivity index (χ0n) is 15.1. The number of carboxylic acid groups (broad SMARTS) is 1. The lowest BCUT2D eigenvalue weighted by Crippen LogP contribution is -2.07. The molecule has 3 rings (SSSR count). The summed E-state index contributed by atoms with van der Waals surface area (Å²) in [5, 5.41) is 14.7. The average Bonchev–Trinajstić information content (AvgIpc) is 3.20. The van der Waals surface area contributed by atoms with E-state index >= 15 is 0 Å². The third kappa shape index (κ3) is 3.56. The topological polar surface area (TPSA) is 64.4 Å². The van der Waals surface area contributed by atoms with Gasteiger partial charge in [0.25, 0.3) is 0 Å². The van der Waals surface area contributed by atoms with Gasteiger partial charge in [-0.1, -0.05) is 0 Å². The maximum Gasteiger partial charge on any atom is 0.435 e. The molecule has 0 amide bonds. The first-order valence-electron chi connectivity index (χ1n) is 8.16. The highest BCUT2D eigenvalue weighted by Crippen LogP contribution is 2.39. The van der Waals surface area contributed by atoms with Crippen LogP contribution in [0.2, 0.25) is 0 Å². The molecule has 3 aromatic rings. The van der Waals surface area contributed by atoms with Crippen LogP contribution in [0.25, 0.3) is 10.1 Å². The Morgan fingerprint density at radius 2 is 2.07 bits per heavy atom. The highest BCUT2D eigenvalue weighted by molar-refractivity contribution is 7.17. The minimum Gasteiger partial charge on any atom is -0.484 e. The van der Waals surface area contributed by atoms with Gasteiger partial charge >= 0.3 is 12.1 Å². The van der Waals surface area contributed by atoms with Crippen LogP contribution in [0.5, 0.6) is 5.75 Å². The van der Waals surface area contributed by atoms with Gasteiger partial charge in [-0.3, -0.25) is 9.48 Å². The number of nitrogens with zero attached hydrogens (tertiary/aromatic N) is 2. The predicted octanol–water partition coefficient (Wildman–Crippen LogP) is 4.87. The Balaban J connectivity index is 1.92. The first-order chi connectivity index (χ1) is 13.0. The number of alkyl halides is 3. The third-order valence-electron chi connectivity index (χ3n) is 4.46. The van der Waals surface area contributed by atoms with E-state index in [2.05, 4.69) is 5.10 Å². The Morgan fingerprint density at radius 3 is 2.64 bits per heavy atom. The number of thiophene rings is 1. The molecule has 2 aromatic heterocycles. The number of rotatable bonds is 5. The number of aromatic nitrogens is 2. The smallest absolute Gasteiger partial charge is 0.435 e. The second-order valence-corrected chi connectivity index (χ2v) is 7.27. The number of ether oxygens (including phenoxy) is 1. The summed E-state index contributed by atoms with van der Waals surface area (Å²) in [6.07, 6.45) is -4.58. The molecule has 0 fully saturated rings. The van der Waals surface area contributed by atoms with E-state index < -0.39 is 29.6 Å². The molecule has 0 bridgehead atoms. The van der Waals surface area contributed by atoms with Gasteiger partial charge in [-0.15, -0.1) is 11.3 Å². The zero-order valence-corrected chi connectivity index (χ0v) is 15.9. The molecule has 2 heterocycles. The fourth-order valence-corrected chi connectivity index (χ4v) is 4.04. The summed E-state index contributed by atoms with van der Waals surface area (Å²) in [5.41, 5.74) is 0.218. The van der Waals surface area contributed by atoms with Crippen molar-refractivity contribution in [1.29, 1.82) is 0 Å². The van der Waals surface area contributed by atoms with Crippen molar-refractivity contribution in [2.75, 3.05) is 0 Å². The van der Waals surface area contributed by atoms with Gasteiger partial charge in [0.2, 0.25) is 0 Å². The summed E-state index contributed by atoms with van der Waals surface area (Å²) < 4.78 is 59.8. The highest BCUT2D eigenvalue weighted by atomic mass is 32.1. The number of halogens is 4. The number of hydrogen-bond donors (Lipinski definition) is 1. The van der Waals surface area contributed by atoms with E-state index in [9.17, 15) is 27.5 Å². The molecule has 1 N–H and O–H groups in total. The summed E-state index contributed by atoms with van der Waals surface area (Å²) in [5.74, 6) is -2.60. The molecule has 0 aliphatic rings. The number of hydrogen-bond acceptors (Lipinski definition) is 4. The van der Waals surface area contributed by atoms with Gasteiger partial charge in [-0.05, 0) is 42.5 Å². The molecule has 0 saturated heterocycles. The van der Waals surface area contributed by atoms with E-state index in [1.807, 2.05) is 0 Å². The molecule has 150 valence electrons. The Labute approximate surface area is 161 Å². The molecule has 10 heteroatoms. The van der Waals surface area contributed by atoms with Crippen molar-refractivity contribution >= 4 is 27.4 Å². The minimum atomic E-state index is -4.58. The lowest BCUT2D eigenvalue weighted by molar-refractivity contribution is -0.141. The van der Waals surface area contributed by atoms with Gasteiger partial charge in [-0.2, -0.15) is 18.3 Å². The average molecular weight is 416 g/mol. The van der Waals surface area contributed by atoms with Crippen LogP contribution in [0.4, 0.5) is 17.6 Å². The molecular weight excluding hydrogens is 400 g/mol. The quantitative estimate of drug-likeness (QED) is 0.603. The van der Waals surface area contributed by atoms with E-state index in [1.54, 1.807) is 12.3 Å².